The Balaban J connectivity index is 1.37. The normalized spacial score (nSPS) is 20.5. The molecule has 2 saturated heterocycles. The van der Waals surface area contributed by atoms with Crippen LogP contribution in [0, 0.1) is 0 Å². The zero-order valence-electron chi connectivity index (χ0n) is 22.4. The molecule has 9 nitrogen and oxygen atoms in total. The lowest BCUT2D eigenvalue weighted by atomic mass is 10.0. The lowest BCUT2D eigenvalue weighted by molar-refractivity contribution is -0.274. The maximum absolute atomic E-state index is 14.2. The van der Waals surface area contributed by atoms with Crippen molar-refractivity contribution >= 4 is 5.91 Å². The molecule has 0 bridgehead atoms. The van der Waals surface area contributed by atoms with Gasteiger partial charge in [0, 0.05) is 54.6 Å². The van der Waals surface area contributed by atoms with E-state index < -0.39 is 6.36 Å². The molecule has 2 aromatic heterocycles. The van der Waals surface area contributed by atoms with E-state index in [2.05, 4.69) is 14.6 Å². The SMILES string of the molecule is O=C(c1c(-c2ccc(=O)[nH]c2)nc(-c2cccc(OC(F)(F)F)c2)n1C1CC1)N1CCC(N2CCCC2CO)CC1. The van der Waals surface area contributed by atoms with Crippen LogP contribution in [-0.2, 0) is 0 Å². The summed E-state index contributed by atoms with van der Waals surface area (Å²) in [6.45, 7) is 2.18. The summed E-state index contributed by atoms with van der Waals surface area (Å²) in [5.74, 6) is -0.190. The number of pyridine rings is 1. The maximum atomic E-state index is 14.2. The number of nitrogens with one attached hydrogen (secondary N) is 1. The third-order valence-electron chi connectivity index (χ3n) is 8.26. The second kappa shape index (κ2) is 11.0. The van der Waals surface area contributed by atoms with Gasteiger partial charge in [-0.3, -0.25) is 14.5 Å². The van der Waals surface area contributed by atoms with E-state index in [1.807, 2.05) is 9.47 Å². The Hall–Kier alpha value is -3.64. The monoisotopic (exact) mass is 571 g/mol. The van der Waals surface area contributed by atoms with Crippen LogP contribution in [0.2, 0.25) is 0 Å². The van der Waals surface area contributed by atoms with Crippen molar-refractivity contribution in [1.82, 2.24) is 24.3 Å². The fraction of sp³-hybridized carbons (Fsp3) is 0.483. The first-order valence-corrected chi connectivity index (χ1v) is 14.0. The lowest BCUT2D eigenvalue weighted by Crippen LogP contribution is -2.49. The average molecular weight is 572 g/mol. The summed E-state index contributed by atoms with van der Waals surface area (Å²) in [5.41, 5.74) is 1.37. The highest BCUT2D eigenvalue weighted by atomic mass is 19.4. The molecule has 1 aromatic carbocycles. The zero-order valence-corrected chi connectivity index (χ0v) is 22.4. The summed E-state index contributed by atoms with van der Waals surface area (Å²) in [6, 6.07) is 9.02. The molecule has 1 saturated carbocycles. The molecule has 12 heteroatoms. The van der Waals surface area contributed by atoms with Gasteiger partial charge in [0.2, 0.25) is 5.56 Å². The Morgan fingerprint density at radius 3 is 2.46 bits per heavy atom. The van der Waals surface area contributed by atoms with E-state index in [0.717, 1.165) is 45.1 Å². The molecule has 3 aromatic rings. The number of benzene rings is 1. The molecule has 4 heterocycles. The number of aromatic nitrogens is 3. The van der Waals surface area contributed by atoms with Crippen LogP contribution in [0.1, 0.15) is 55.1 Å². The molecule has 0 spiro atoms. The van der Waals surface area contributed by atoms with Crippen LogP contribution in [0.25, 0.3) is 22.6 Å². The number of hydrogen-bond acceptors (Lipinski definition) is 6. The molecule has 0 radical (unpaired) electrons. The van der Waals surface area contributed by atoms with E-state index in [1.54, 1.807) is 12.1 Å². The number of rotatable bonds is 7. The van der Waals surface area contributed by atoms with Gasteiger partial charge in [-0.2, -0.15) is 0 Å². The Morgan fingerprint density at radius 2 is 1.80 bits per heavy atom. The maximum Gasteiger partial charge on any atom is 0.573 e. The molecular weight excluding hydrogens is 539 g/mol. The fourth-order valence-electron chi connectivity index (χ4n) is 6.21. The fourth-order valence-corrected chi connectivity index (χ4v) is 6.21. The number of nitrogens with zero attached hydrogens (tertiary/aromatic N) is 4. The van der Waals surface area contributed by atoms with Gasteiger partial charge >= 0.3 is 6.36 Å². The molecule has 2 aliphatic heterocycles. The predicted molar refractivity (Wildman–Crippen MR) is 144 cm³/mol. The molecule has 6 rings (SSSR count). The molecule has 218 valence electrons. The molecule has 3 fully saturated rings. The number of likely N-dealkylation sites (tertiary alicyclic amines) is 2. The summed E-state index contributed by atoms with van der Waals surface area (Å²) in [4.78, 5) is 37.7. The first-order valence-electron chi connectivity index (χ1n) is 14.0. The second-order valence-corrected chi connectivity index (χ2v) is 11.0. The van der Waals surface area contributed by atoms with E-state index in [4.69, 9.17) is 4.98 Å². The van der Waals surface area contributed by atoms with Gasteiger partial charge < -0.3 is 24.3 Å². The van der Waals surface area contributed by atoms with Crippen molar-refractivity contribution in [3.63, 3.8) is 0 Å². The highest BCUT2D eigenvalue weighted by molar-refractivity contribution is 5.99. The molecule has 3 aliphatic rings. The van der Waals surface area contributed by atoms with Crippen molar-refractivity contribution < 1.29 is 27.8 Å². The Morgan fingerprint density at radius 1 is 1.02 bits per heavy atom. The molecule has 41 heavy (non-hydrogen) atoms. The van der Waals surface area contributed by atoms with E-state index in [9.17, 15) is 27.9 Å². The van der Waals surface area contributed by atoms with Crippen LogP contribution in [-0.4, -0.2) is 80.0 Å². The number of aliphatic hydroxyl groups is 1. The summed E-state index contributed by atoms with van der Waals surface area (Å²) >= 11 is 0. The quantitative estimate of drug-likeness (QED) is 0.441. The Bertz CT molecular complexity index is 1450. The number of aromatic amines is 1. The van der Waals surface area contributed by atoms with Crippen LogP contribution < -0.4 is 10.3 Å². The smallest absolute Gasteiger partial charge is 0.406 e. The van der Waals surface area contributed by atoms with Crippen molar-refractivity contribution in [2.75, 3.05) is 26.2 Å². The van der Waals surface area contributed by atoms with E-state index in [-0.39, 0.29) is 35.9 Å². The molecular formula is C29H32F3N5O4. The average Bonchev–Trinajstić information content (AvgIpc) is 3.54. The van der Waals surface area contributed by atoms with Crippen LogP contribution in [0.15, 0.2) is 47.4 Å². The van der Waals surface area contributed by atoms with Gasteiger partial charge in [0.15, 0.2) is 0 Å². The molecule has 1 aliphatic carbocycles. The molecule has 1 unspecified atom stereocenters. The number of piperidine rings is 1. The third kappa shape index (κ3) is 5.76. The first kappa shape index (κ1) is 27.5. The van der Waals surface area contributed by atoms with Gasteiger partial charge in [-0.1, -0.05) is 12.1 Å². The van der Waals surface area contributed by atoms with Gasteiger partial charge in [0.25, 0.3) is 5.91 Å². The van der Waals surface area contributed by atoms with Crippen molar-refractivity contribution in [3.05, 3.63) is 58.6 Å². The van der Waals surface area contributed by atoms with Gasteiger partial charge in [-0.25, -0.2) is 4.98 Å². The summed E-state index contributed by atoms with van der Waals surface area (Å²) in [7, 11) is 0. The summed E-state index contributed by atoms with van der Waals surface area (Å²) < 4.78 is 44.9. The highest BCUT2D eigenvalue weighted by Gasteiger charge is 2.39. The van der Waals surface area contributed by atoms with E-state index in [0.29, 0.717) is 47.5 Å². The minimum Gasteiger partial charge on any atom is -0.406 e. The highest BCUT2D eigenvalue weighted by Crippen LogP contribution is 2.43. The zero-order chi connectivity index (χ0) is 28.7. The number of imidazole rings is 1. The Kier molecular flexibility index (Phi) is 7.37. The number of halogens is 3. The van der Waals surface area contributed by atoms with Crippen molar-refractivity contribution in [2.24, 2.45) is 0 Å². The first-order chi connectivity index (χ1) is 19.7. The van der Waals surface area contributed by atoms with Gasteiger partial charge in [0.1, 0.15) is 23.0 Å². The second-order valence-electron chi connectivity index (χ2n) is 11.0. The van der Waals surface area contributed by atoms with Crippen molar-refractivity contribution in [2.45, 2.75) is 63.0 Å². The van der Waals surface area contributed by atoms with Gasteiger partial charge in [-0.05, 0) is 63.3 Å². The Labute approximate surface area is 234 Å². The number of hydrogen-bond donors (Lipinski definition) is 2. The summed E-state index contributed by atoms with van der Waals surface area (Å²) in [6.07, 6.45) is 1.91. The van der Waals surface area contributed by atoms with Crippen LogP contribution >= 0.6 is 0 Å². The van der Waals surface area contributed by atoms with Crippen LogP contribution in [0.4, 0.5) is 13.2 Å². The van der Waals surface area contributed by atoms with Crippen molar-refractivity contribution in [1.29, 1.82) is 0 Å². The van der Waals surface area contributed by atoms with Gasteiger partial charge in [0.05, 0.1) is 6.61 Å². The largest absolute Gasteiger partial charge is 0.573 e. The molecule has 1 amide bonds. The predicted octanol–water partition coefficient (Wildman–Crippen LogP) is 4.20. The number of carbonyl (C=O) groups is 1. The number of amides is 1. The van der Waals surface area contributed by atoms with Crippen LogP contribution in [0.5, 0.6) is 5.75 Å². The number of carbonyl (C=O) groups excluding carboxylic acids is 1. The van der Waals surface area contributed by atoms with Gasteiger partial charge in [-0.15, -0.1) is 13.2 Å². The van der Waals surface area contributed by atoms with E-state index >= 15 is 0 Å². The van der Waals surface area contributed by atoms with E-state index in [1.165, 1.54) is 30.5 Å². The number of ether oxygens (including phenoxy) is 1. The number of aliphatic hydroxyl groups excluding tert-OH is 1. The third-order valence-corrected chi connectivity index (χ3v) is 8.26. The minimum atomic E-state index is -4.84. The minimum absolute atomic E-state index is 0.0207. The molecule has 1 atom stereocenters. The molecule has 2 N–H and O–H groups in total. The lowest BCUT2D eigenvalue weighted by Gasteiger charge is -2.39. The van der Waals surface area contributed by atoms with Crippen LogP contribution in [0.3, 0.4) is 0 Å². The topological polar surface area (TPSA) is 104 Å². The standard InChI is InChI=1S/C29H32F3N5O4/c30-29(31,32)41-23-5-1-3-18(15-23)27-34-25(19-6-9-24(39)33-16-19)26(37(27)21-7-8-21)28(40)35-13-10-20(11-14-35)36-12-2-4-22(36)17-38/h1,3,5-6,9,15-16,20-22,38H,2,4,7-8,10-14,17H2,(H,33,39). The number of H-pyrrole nitrogens is 1. The summed E-state index contributed by atoms with van der Waals surface area (Å²) in [5, 5.41) is 9.77. The number of alkyl halides is 3. The van der Waals surface area contributed by atoms with Crippen molar-refractivity contribution in [3.8, 4) is 28.4 Å².